The molecule has 0 aliphatic carbocycles. The lowest BCUT2D eigenvalue weighted by Gasteiger charge is -2.38. The molecule has 0 unspecified atom stereocenters. The van der Waals surface area contributed by atoms with Gasteiger partial charge in [-0.05, 0) is 25.5 Å². The van der Waals surface area contributed by atoms with Crippen LogP contribution >= 0.6 is 11.6 Å². The third-order valence-electron chi connectivity index (χ3n) is 4.79. The molecule has 1 aromatic carbocycles. The second kappa shape index (κ2) is 7.21. The highest BCUT2D eigenvalue weighted by Gasteiger charge is 2.27. The Bertz CT molecular complexity index is 788. The molecule has 2 aromatic rings. The normalized spacial score (nSPS) is 20.4. The Labute approximate surface area is 147 Å². The smallest absolute Gasteiger partial charge is 0.262 e. The molecule has 5 nitrogen and oxygen atoms in total. The SMILES string of the molecule is CCC[C@H](c1nc2cccc(Cl)c2c(=O)n1C)N1CCN[C@@H](C)C1. The molecule has 3 rings (SSSR count). The second-order valence-electron chi connectivity index (χ2n) is 6.62. The Morgan fingerprint density at radius 1 is 1.46 bits per heavy atom. The molecule has 0 bridgehead atoms. The first-order chi connectivity index (χ1) is 11.5. The summed E-state index contributed by atoms with van der Waals surface area (Å²) in [5.41, 5.74) is 0.620. The number of nitrogens with one attached hydrogen (secondary N) is 1. The summed E-state index contributed by atoms with van der Waals surface area (Å²) in [4.78, 5) is 20.1. The number of fused-ring (bicyclic) bond motifs is 1. The molecule has 1 N–H and O–H groups in total. The number of nitrogens with zero attached hydrogens (tertiary/aromatic N) is 3. The fraction of sp³-hybridized carbons (Fsp3) is 0.556. The molecule has 2 heterocycles. The Kier molecular flexibility index (Phi) is 5.23. The van der Waals surface area contributed by atoms with Crippen LogP contribution in [0.15, 0.2) is 23.0 Å². The summed E-state index contributed by atoms with van der Waals surface area (Å²) >= 11 is 6.22. The van der Waals surface area contributed by atoms with Crippen molar-refractivity contribution in [1.29, 1.82) is 0 Å². The van der Waals surface area contributed by atoms with Crippen LogP contribution in [0.3, 0.4) is 0 Å². The molecule has 2 atom stereocenters. The van der Waals surface area contributed by atoms with Crippen molar-refractivity contribution in [3.05, 3.63) is 39.4 Å². The van der Waals surface area contributed by atoms with Crippen LogP contribution in [-0.2, 0) is 7.05 Å². The van der Waals surface area contributed by atoms with Crippen LogP contribution in [0.5, 0.6) is 0 Å². The summed E-state index contributed by atoms with van der Waals surface area (Å²) in [6.07, 6.45) is 2.03. The van der Waals surface area contributed by atoms with Crippen molar-refractivity contribution < 1.29 is 0 Å². The number of rotatable bonds is 4. The topological polar surface area (TPSA) is 50.2 Å². The highest BCUT2D eigenvalue weighted by molar-refractivity contribution is 6.35. The first kappa shape index (κ1) is 17.4. The van der Waals surface area contributed by atoms with Crippen molar-refractivity contribution in [3.63, 3.8) is 0 Å². The lowest BCUT2D eigenvalue weighted by Crippen LogP contribution is -2.51. The summed E-state index contributed by atoms with van der Waals surface area (Å²) in [5.74, 6) is 0.839. The largest absolute Gasteiger partial charge is 0.312 e. The summed E-state index contributed by atoms with van der Waals surface area (Å²) in [6.45, 7) is 7.28. The van der Waals surface area contributed by atoms with E-state index in [1.165, 1.54) is 0 Å². The molecule has 1 aromatic heterocycles. The molecule has 1 aliphatic heterocycles. The highest BCUT2D eigenvalue weighted by Crippen LogP contribution is 2.27. The Hall–Kier alpha value is -1.43. The molecular weight excluding hydrogens is 324 g/mol. The van der Waals surface area contributed by atoms with Gasteiger partial charge in [-0.1, -0.05) is 31.0 Å². The number of piperazine rings is 1. The van der Waals surface area contributed by atoms with Crippen LogP contribution in [0.4, 0.5) is 0 Å². The monoisotopic (exact) mass is 348 g/mol. The summed E-state index contributed by atoms with van der Waals surface area (Å²) in [5, 5.41) is 4.45. The summed E-state index contributed by atoms with van der Waals surface area (Å²) in [7, 11) is 1.81. The Balaban J connectivity index is 2.11. The van der Waals surface area contributed by atoms with Crippen molar-refractivity contribution in [2.75, 3.05) is 19.6 Å². The molecule has 0 spiro atoms. The lowest BCUT2D eigenvalue weighted by atomic mass is 10.1. The molecule has 130 valence electrons. The third-order valence-corrected chi connectivity index (χ3v) is 5.10. The molecule has 0 amide bonds. The highest BCUT2D eigenvalue weighted by atomic mass is 35.5. The quantitative estimate of drug-likeness (QED) is 0.923. The van der Waals surface area contributed by atoms with Crippen LogP contribution < -0.4 is 10.9 Å². The average Bonchev–Trinajstić information content (AvgIpc) is 2.56. The minimum Gasteiger partial charge on any atom is -0.312 e. The maximum atomic E-state index is 12.8. The lowest BCUT2D eigenvalue weighted by molar-refractivity contribution is 0.132. The van der Waals surface area contributed by atoms with Crippen LogP contribution in [0, 0.1) is 0 Å². The molecule has 1 fully saturated rings. The van der Waals surface area contributed by atoms with Crippen molar-refractivity contribution in [2.24, 2.45) is 7.05 Å². The van der Waals surface area contributed by atoms with Gasteiger partial charge >= 0.3 is 0 Å². The Morgan fingerprint density at radius 3 is 2.96 bits per heavy atom. The molecule has 1 saturated heterocycles. The van der Waals surface area contributed by atoms with E-state index in [0.29, 0.717) is 22.0 Å². The van der Waals surface area contributed by atoms with Crippen LogP contribution in [0.25, 0.3) is 10.9 Å². The van der Waals surface area contributed by atoms with Gasteiger partial charge in [0.15, 0.2) is 0 Å². The number of hydrogen-bond acceptors (Lipinski definition) is 4. The van der Waals surface area contributed by atoms with E-state index in [1.54, 1.807) is 10.6 Å². The molecule has 0 radical (unpaired) electrons. The zero-order valence-corrected chi connectivity index (χ0v) is 15.3. The minimum atomic E-state index is -0.0649. The zero-order valence-electron chi connectivity index (χ0n) is 14.6. The van der Waals surface area contributed by atoms with Gasteiger partial charge < -0.3 is 5.32 Å². The molecule has 1 aliphatic rings. The summed E-state index contributed by atoms with van der Waals surface area (Å²) < 4.78 is 1.68. The fourth-order valence-electron chi connectivity index (χ4n) is 3.58. The number of aromatic nitrogens is 2. The van der Waals surface area contributed by atoms with Crippen molar-refractivity contribution in [2.45, 2.75) is 38.8 Å². The summed E-state index contributed by atoms with van der Waals surface area (Å²) in [6, 6.07) is 6.07. The molecule has 0 saturated carbocycles. The van der Waals surface area contributed by atoms with E-state index in [4.69, 9.17) is 16.6 Å². The predicted octanol–water partition coefficient (Wildman–Crippen LogP) is 2.72. The number of benzene rings is 1. The minimum absolute atomic E-state index is 0.0649. The van der Waals surface area contributed by atoms with Gasteiger partial charge in [0.25, 0.3) is 5.56 Å². The zero-order chi connectivity index (χ0) is 17.3. The number of halogens is 1. The maximum Gasteiger partial charge on any atom is 0.262 e. The molecular formula is C18H25ClN4O. The van der Waals surface area contributed by atoms with E-state index in [1.807, 2.05) is 19.2 Å². The standard InChI is InChI=1S/C18H25ClN4O/c1-4-6-15(23-10-9-20-12(2)11-23)17-21-14-8-5-7-13(19)16(14)18(24)22(17)3/h5,7-8,12,15,20H,4,6,9-11H2,1-3H3/t12-,15+/m0/s1. The van der Waals surface area contributed by atoms with E-state index < -0.39 is 0 Å². The van der Waals surface area contributed by atoms with E-state index in [-0.39, 0.29) is 11.6 Å². The first-order valence-electron chi connectivity index (χ1n) is 8.65. The fourth-order valence-corrected chi connectivity index (χ4v) is 3.83. The van der Waals surface area contributed by atoms with Crippen LogP contribution in [-0.4, -0.2) is 40.1 Å². The third kappa shape index (κ3) is 3.21. The predicted molar refractivity (Wildman–Crippen MR) is 98.7 cm³/mol. The first-order valence-corrected chi connectivity index (χ1v) is 9.03. The van der Waals surface area contributed by atoms with Gasteiger partial charge in [-0.2, -0.15) is 0 Å². The second-order valence-corrected chi connectivity index (χ2v) is 7.03. The van der Waals surface area contributed by atoms with Gasteiger partial charge in [0.2, 0.25) is 0 Å². The van der Waals surface area contributed by atoms with Gasteiger partial charge in [0.05, 0.1) is 22.0 Å². The average molecular weight is 349 g/mol. The van der Waals surface area contributed by atoms with Gasteiger partial charge in [-0.25, -0.2) is 4.98 Å². The maximum absolute atomic E-state index is 12.8. The van der Waals surface area contributed by atoms with Gasteiger partial charge in [0, 0.05) is 32.7 Å². The van der Waals surface area contributed by atoms with Gasteiger partial charge in [-0.15, -0.1) is 0 Å². The van der Waals surface area contributed by atoms with Crippen molar-refractivity contribution in [3.8, 4) is 0 Å². The van der Waals surface area contributed by atoms with Crippen molar-refractivity contribution >= 4 is 22.5 Å². The Morgan fingerprint density at radius 2 is 2.25 bits per heavy atom. The number of hydrogen-bond donors (Lipinski definition) is 1. The van der Waals surface area contributed by atoms with E-state index in [9.17, 15) is 4.79 Å². The molecule has 24 heavy (non-hydrogen) atoms. The van der Waals surface area contributed by atoms with Crippen molar-refractivity contribution in [1.82, 2.24) is 19.8 Å². The van der Waals surface area contributed by atoms with Gasteiger partial charge in [-0.3, -0.25) is 14.3 Å². The van der Waals surface area contributed by atoms with Gasteiger partial charge in [0.1, 0.15) is 5.82 Å². The van der Waals surface area contributed by atoms with Crippen LogP contribution in [0.2, 0.25) is 5.02 Å². The van der Waals surface area contributed by atoms with E-state index >= 15 is 0 Å². The van der Waals surface area contributed by atoms with E-state index in [0.717, 1.165) is 38.3 Å². The van der Waals surface area contributed by atoms with Crippen LogP contribution in [0.1, 0.15) is 38.6 Å². The van der Waals surface area contributed by atoms with E-state index in [2.05, 4.69) is 24.1 Å². The molecule has 6 heteroatoms.